The molecule has 2 aromatic carbocycles. The number of para-hydroxylation sites is 1. The average Bonchev–Trinajstić information content (AvgIpc) is 2.47. The molecule has 0 bridgehead atoms. The number of hydrogen-bond acceptors (Lipinski definition) is 2. The number of rotatable bonds is 4. The Morgan fingerprint density at radius 2 is 1.75 bits per heavy atom. The number of carbonyl (C=O) groups is 1. The maximum atomic E-state index is 12.9. The fraction of sp³-hybridized carbons (Fsp3) is 0.188. The summed E-state index contributed by atoms with van der Waals surface area (Å²) in [6, 6.07) is 13.2. The van der Waals surface area contributed by atoms with Crippen LogP contribution in [0.1, 0.15) is 28.9 Å². The van der Waals surface area contributed by atoms with E-state index in [1.807, 2.05) is 38.2 Å². The van der Waals surface area contributed by atoms with E-state index in [9.17, 15) is 9.18 Å². The highest BCUT2D eigenvalue weighted by molar-refractivity contribution is 6.04. The van der Waals surface area contributed by atoms with Crippen LogP contribution in [0, 0.1) is 5.82 Å². The quantitative estimate of drug-likeness (QED) is 0.896. The molecule has 0 radical (unpaired) electrons. The van der Waals surface area contributed by atoms with Gasteiger partial charge in [-0.2, -0.15) is 0 Å². The molecule has 1 atom stereocenters. The summed E-state index contributed by atoms with van der Waals surface area (Å²) in [5.74, 6) is -0.605. The van der Waals surface area contributed by atoms with Crippen molar-refractivity contribution in [2.45, 2.75) is 13.0 Å². The van der Waals surface area contributed by atoms with Gasteiger partial charge in [-0.3, -0.25) is 4.79 Å². The van der Waals surface area contributed by atoms with Crippen molar-refractivity contribution in [3.05, 3.63) is 65.5 Å². The fourth-order valence-corrected chi connectivity index (χ4v) is 1.94. The van der Waals surface area contributed by atoms with Gasteiger partial charge < -0.3 is 10.6 Å². The molecule has 0 spiro atoms. The fourth-order valence-electron chi connectivity index (χ4n) is 1.94. The molecule has 0 aliphatic heterocycles. The predicted molar refractivity (Wildman–Crippen MR) is 78.3 cm³/mol. The molecular weight excluding hydrogens is 255 g/mol. The Labute approximate surface area is 117 Å². The summed E-state index contributed by atoms with van der Waals surface area (Å²) in [5.41, 5.74) is 2.19. The zero-order valence-electron chi connectivity index (χ0n) is 11.5. The average molecular weight is 272 g/mol. The summed E-state index contributed by atoms with van der Waals surface area (Å²) in [6.45, 7) is 2.02. The summed E-state index contributed by atoms with van der Waals surface area (Å²) in [5, 5.41) is 6.00. The van der Waals surface area contributed by atoms with Crippen molar-refractivity contribution < 1.29 is 9.18 Å². The maximum absolute atomic E-state index is 12.9. The molecule has 104 valence electrons. The molecule has 4 heteroatoms. The molecule has 0 saturated heterocycles. The molecule has 0 heterocycles. The molecule has 1 amide bonds. The summed E-state index contributed by atoms with van der Waals surface area (Å²) in [4.78, 5) is 12.1. The Hall–Kier alpha value is -2.20. The molecule has 3 nitrogen and oxygen atoms in total. The lowest BCUT2D eigenvalue weighted by Crippen LogP contribution is -2.18. The maximum Gasteiger partial charge on any atom is 0.255 e. The lowest BCUT2D eigenvalue weighted by molar-refractivity contribution is 0.102. The van der Waals surface area contributed by atoms with Crippen LogP contribution in [0.4, 0.5) is 10.1 Å². The van der Waals surface area contributed by atoms with Gasteiger partial charge in [0.1, 0.15) is 5.82 Å². The van der Waals surface area contributed by atoms with Crippen LogP contribution in [0.25, 0.3) is 0 Å². The molecular formula is C16H17FN2O. The van der Waals surface area contributed by atoms with Crippen LogP contribution >= 0.6 is 0 Å². The Kier molecular flexibility index (Phi) is 4.48. The first kappa shape index (κ1) is 14.2. The van der Waals surface area contributed by atoms with Crippen LogP contribution < -0.4 is 10.6 Å². The first-order valence-electron chi connectivity index (χ1n) is 6.45. The summed E-state index contributed by atoms with van der Waals surface area (Å²) in [6.07, 6.45) is 0. The van der Waals surface area contributed by atoms with E-state index in [4.69, 9.17) is 0 Å². The van der Waals surface area contributed by atoms with E-state index in [0.29, 0.717) is 5.56 Å². The van der Waals surface area contributed by atoms with Crippen molar-refractivity contribution >= 4 is 11.6 Å². The first-order chi connectivity index (χ1) is 9.61. The molecule has 0 aliphatic rings. The highest BCUT2D eigenvalue weighted by Crippen LogP contribution is 2.22. The van der Waals surface area contributed by atoms with E-state index in [1.165, 1.54) is 24.3 Å². The molecule has 2 rings (SSSR count). The molecule has 0 fully saturated rings. The van der Waals surface area contributed by atoms with Gasteiger partial charge in [0.05, 0.1) is 0 Å². The third-order valence-corrected chi connectivity index (χ3v) is 3.21. The van der Waals surface area contributed by atoms with Gasteiger partial charge in [0, 0.05) is 17.3 Å². The number of hydrogen-bond donors (Lipinski definition) is 2. The minimum absolute atomic E-state index is 0.125. The standard InChI is InChI=1S/C16H17FN2O/c1-11(18-2)14-5-3-4-6-15(14)19-16(20)12-7-9-13(17)10-8-12/h3-11,18H,1-2H3,(H,19,20). The van der Waals surface area contributed by atoms with Gasteiger partial charge in [-0.1, -0.05) is 18.2 Å². The van der Waals surface area contributed by atoms with Gasteiger partial charge in [0.25, 0.3) is 5.91 Å². The molecule has 2 N–H and O–H groups in total. The minimum Gasteiger partial charge on any atom is -0.322 e. The Balaban J connectivity index is 2.21. The smallest absolute Gasteiger partial charge is 0.255 e. The zero-order valence-corrected chi connectivity index (χ0v) is 11.5. The van der Waals surface area contributed by atoms with E-state index >= 15 is 0 Å². The molecule has 0 aliphatic carbocycles. The van der Waals surface area contributed by atoms with Gasteiger partial charge in [0.15, 0.2) is 0 Å². The highest BCUT2D eigenvalue weighted by Gasteiger charge is 2.12. The molecule has 20 heavy (non-hydrogen) atoms. The molecule has 0 aromatic heterocycles. The summed E-state index contributed by atoms with van der Waals surface area (Å²) >= 11 is 0. The van der Waals surface area contributed by atoms with Crippen LogP contribution in [-0.2, 0) is 0 Å². The third kappa shape index (κ3) is 3.22. The van der Waals surface area contributed by atoms with Gasteiger partial charge in [0.2, 0.25) is 0 Å². The number of benzene rings is 2. The van der Waals surface area contributed by atoms with Crippen molar-refractivity contribution in [2.75, 3.05) is 12.4 Å². The molecule has 2 aromatic rings. The van der Waals surface area contributed by atoms with Crippen molar-refractivity contribution in [1.29, 1.82) is 0 Å². The van der Waals surface area contributed by atoms with E-state index in [-0.39, 0.29) is 17.8 Å². The monoisotopic (exact) mass is 272 g/mol. The number of carbonyl (C=O) groups excluding carboxylic acids is 1. The lowest BCUT2D eigenvalue weighted by atomic mass is 10.1. The molecule has 0 saturated carbocycles. The minimum atomic E-state index is -0.356. The first-order valence-corrected chi connectivity index (χ1v) is 6.45. The zero-order chi connectivity index (χ0) is 14.5. The number of amides is 1. The van der Waals surface area contributed by atoms with Gasteiger partial charge >= 0.3 is 0 Å². The second-order valence-corrected chi connectivity index (χ2v) is 4.56. The highest BCUT2D eigenvalue weighted by atomic mass is 19.1. The largest absolute Gasteiger partial charge is 0.322 e. The third-order valence-electron chi connectivity index (χ3n) is 3.21. The van der Waals surface area contributed by atoms with Gasteiger partial charge in [-0.15, -0.1) is 0 Å². The van der Waals surface area contributed by atoms with Gasteiger partial charge in [-0.05, 0) is 49.9 Å². The SMILES string of the molecule is CNC(C)c1ccccc1NC(=O)c1ccc(F)cc1. The van der Waals surface area contributed by atoms with E-state index < -0.39 is 0 Å². The number of anilines is 1. The lowest BCUT2D eigenvalue weighted by Gasteiger charge is -2.16. The van der Waals surface area contributed by atoms with Crippen LogP contribution in [-0.4, -0.2) is 13.0 Å². The Bertz CT molecular complexity index is 596. The summed E-state index contributed by atoms with van der Waals surface area (Å²) in [7, 11) is 1.86. The van der Waals surface area contributed by atoms with Crippen molar-refractivity contribution in [3.63, 3.8) is 0 Å². The van der Waals surface area contributed by atoms with Crippen LogP contribution in [0.5, 0.6) is 0 Å². The number of nitrogens with one attached hydrogen (secondary N) is 2. The van der Waals surface area contributed by atoms with Crippen molar-refractivity contribution in [3.8, 4) is 0 Å². The van der Waals surface area contributed by atoms with Crippen molar-refractivity contribution in [1.82, 2.24) is 5.32 Å². The second-order valence-electron chi connectivity index (χ2n) is 4.56. The van der Waals surface area contributed by atoms with Crippen LogP contribution in [0.3, 0.4) is 0 Å². The normalized spacial score (nSPS) is 11.9. The predicted octanol–water partition coefficient (Wildman–Crippen LogP) is 3.36. The van der Waals surface area contributed by atoms with Crippen molar-refractivity contribution in [2.24, 2.45) is 0 Å². The van der Waals surface area contributed by atoms with E-state index in [1.54, 1.807) is 0 Å². The van der Waals surface area contributed by atoms with Crippen LogP contribution in [0.2, 0.25) is 0 Å². The van der Waals surface area contributed by atoms with Crippen LogP contribution in [0.15, 0.2) is 48.5 Å². The molecule has 1 unspecified atom stereocenters. The Morgan fingerprint density at radius 3 is 2.40 bits per heavy atom. The number of halogens is 1. The topological polar surface area (TPSA) is 41.1 Å². The second kappa shape index (κ2) is 6.30. The summed E-state index contributed by atoms with van der Waals surface area (Å²) < 4.78 is 12.9. The van der Waals surface area contributed by atoms with E-state index in [0.717, 1.165) is 11.3 Å². The van der Waals surface area contributed by atoms with Gasteiger partial charge in [-0.25, -0.2) is 4.39 Å². The van der Waals surface area contributed by atoms with E-state index in [2.05, 4.69) is 10.6 Å². The Morgan fingerprint density at radius 1 is 1.10 bits per heavy atom.